The second kappa shape index (κ2) is 14.9. The number of sulfonamides is 1. The maximum absolute atomic E-state index is 14.0. The quantitative estimate of drug-likeness (QED) is 0.248. The molecule has 0 aliphatic heterocycles. The predicted molar refractivity (Wildman–Crippen MR) is 163 cm³/mol. The molecule has 0 radical (unpaired) electrons. The van der Waals surface area contributed by atoms with Crippen molar-refractivity contribution in [3.05, 3.63) is 82.8 Å². The van der Waals surface area contributed by atoms with E-state index >= 15 is 0 Å². The van der Waals surface area contributed by atoms with Gasteiger partial charge in [-0.3, -0.25) is 13.9 Å². The van der Waals surface area contributed by atoms with E-state index in [1.807, 2.05) is 31.2 Å². The minimum atomic E-state index is -4.24. The van der Waals surface area contributed by atoms with Crippen LogP contribution in [0.1, 0.15) is 32.3 Å². The maximum Gasteiger partial charge on any atom is 0.264 e. The fraction of sp³-hybridized carbons (Fsp3) is 0.333. The van der Waals surface area contributed by atoms with Crippen molar-refractivity contribution in [1.82, 2.24) is 10.2 Å². The van der Waals surface area contributed by atoms with Gasteiger partial charge in [-0.15, -0.1) is 0 Å². The number of ether oxygens (including phenoxy) is 2. The van der Waals surface area contributed by atoms with Gasteiger partial charge in [-0.25, -0.2) is 8.42 Å². The Hall–Kier alpha value is -3.57. The largest absolute Gasteiger partial charge is 0.497 e. The fourth-order valence-corrected chi connectivity index (χ4v) is 6.05. The monoisotopic (exact) mass is 645 g/mol. The van der Waals surface area contributed by atoms with Gasteiger partial charge in [0.2, 0.25) is 11.8 Å². The van der Waals surface area contributed by atoms with Crippen LogP contribution in [0.25, 0.3) is 0 Å². The highest BCUT2D eigenvalue weighted by molar-refractivity contribution is 9.10. The highest BCUT2D eigenvalue weighted by Gasteiger charge is 2.33. The molecule has 0 saturated heterocycles. The van der Waals surface area contributed by atoms with Crippen molar-refractivity contribution in [2.24, 2.45) is 0 Å². The fourth-order valence-electron chi connectivity index (χ4n) is 4.17. The van der Waals surface area contributed by atoms with Gasteiger partial charge in [-0.1, -0.05) is 53.5 Å². The summed E-state index contributed by atoms with van der Waals surface area (Å²) in [7, 11) is -1.32. The Bertz CT molecular complexity index is 1430. The molecule has 0 aromatic heterocycles. The first-order chi connectivity index (χ1) is 19.6. The molecule has 3 rings (SSSR count). The van der Waals surface area contributed by atoms with Gasteiger partial charge in [-0.2, -0.15) is 0 Å². The number of para-hydroxylation sites is 2. The molecule has 1 N–H and O–H groups in total. The number of unbranched alkanes of at least 4 members (excludes halogenated alkanes) is 1. The van der Waals surface area contributed by atoms with Gasteiger partial charge >= 0.3 is 0 Å². The average molecular weight is 647 g/mol. The third-order valence-corrected chi connectivity index (χ3v) is 8.79. The molecule has 1 atom stereocenters. The first-order valence-electron chi connectivity index (χ1n) is 13.2. The summed E-state index contributed by atoms with van der Waals surface area (Å²) in [5, 5.41) is 2.88. The normalized spacial score (nSPS) is 11.8. The molecule has 2 amide bonds. The molecule has 0 aliphatic carbocycles. The van der Waals surface area contributed by atoms with Crippen LogP contribution in [0.4, 0.5) is 5.69 Å². The van der Waals surface area contributed by atoms with Crippen molar-refractivity contribution >= 4 is 43.5 Å². The van der Waals surface area contributed by atoms with Crippen LogP contribution in [-0.4, -0.2) is 58.5 Å². The number of methoxy groups -OCH3 is 2. The average Bonchev–Trinajstić information content (AvgIpc) is 2.98. The third kappa shape index (κ3) is 8.23. The molecule has 3 aromatic carbocycles. The lowest BCUT2D eigenvalue weighted by atomic mass is 10.1. The van der Waals surface area contributed by atoms with E-state index in [0.717, 1.165) is 27.2 Å². The maximum atomic E-state index is 14.0. The second-order valence-electron chi connectivity index (χ2n) is 9.33. The van der Waals surface area contributed by atoms with Crippen molar-refractivity contribution in [1.29, 1.82) is 0 Å². The number of nitrogens with one attached hydrogen (secondary N) is 1. The molecule has 0 spiro atoms. The number of hydrogen-bond donors (Lipinski definition) is 1. The van der Waals surface area contributed by atoms with E-state index in [2.05, 4.69) is 21.2 Å². The Kier molecular flexibility index (Phi) is 11.6. The van der Waals surface area contributed by atoms with E-state index in [1.165, 1.54) is 43.4 Å². The number of anilines is 1. The molecule has 3 aromatic rings. The summed E-state index contributed by atoms with van der Waals surface area (Å²) in [5.41, 5.74) is 0.976. The van der Waals surface area contributed by atoms with Crippen LogP contribution in [0, 0.1) is 0 Å². The van der Waals surface area contributed by atoms with Crippen molar-refractivity contribution in [2.75, 3.05) is 31.6 Å². The van der Waals surface area contributed by atoms with E-state index in [0.29, 0.717) is 12.3 Å². The zero-order valence-corrected chi connectivity index (χ0v) is 26.1. The summed E-state index contributed by atoms with van der Waals surface area (Å²) in [4.78, 5) is 28.5. The lowest BCUT2D eigenvalue weighted by Crippen LogP contribution is -2.51. The van der Waals surface area contributed by atoms with E-state index in [1.54, 1.807) is 31.2 Å². The van der Waals surface area contributed by atoms with Crippen LogP contribution < -0.4 is 19.1 Å². The number of hydrogen-bond acceptors (Lipinski definition) is 6. The van der Waals surface area contributed by atoms with Gasteiger partial charge in [0.1, 0.15) is 24.1 Å². The lowest BCUT2D eigenvalue weighted by molar-refractivity contribution is -0.139. The van der Waals surface area contributed by atoms with Crippen molar-refractivity contribution < 1.29 is 27.5 Å². The molecule has 9 nitrogen and oxygen atoms in total. The number of benzene rings is 3. The third-order valence-electron chi connectivity index (χ3n) is 6.52. The summed E-state index contributed by atoms with van der Waals surface area (Å²) in [6.45, 7) is 3.69. The molecular formula is C30H36BrN3O6S. The van der Waals surface area contributed by atoms with Gasteiger partial charge in [0.05, 0.1) is 24.8 Å². The molecule has 0 unspecified atom stereocenters. The number of rotatable bonds is 14. The molecule has 220 valence electrons. The summed E-state index contributed by atoms with van der Waals surface area (Å²) < 4.78 is 40.5. The zero-order chi connectivity index (χ0) is 30.0. The first-order valence-corrected chi connectivity index (χ1v) is 15.5. The van der Waals surface area contributed by atoms with Crippen LogP contribution in [-0.2, 0) is 26.2 Å². The number of halogens is 1. The van der Waals surface area contributed by atoms with Crippen molar-refractivity contribution in [2.45, 2.75) is 44.2 Å². The molecule has 41 heavy (non-hydrogen) atoms. The standard InChI is InChI=1S/C30H36BrN3O6S/c1-5-6-18-32-30(36)22(2)33(20-23-10-9-11-24(31)19-23)29(35)21-34(27-12-7-8-13-28(27)40-4)41(37,38)26-16-14-25(39-3)15-17-26/h7-17,19,22H,5-6,18,20-21H2,1-4H3,(H,32,36)/t22-/m1/s1. The Morgan fingerprint density at radius 2 is 1.68 bits per heavy atom. The summed E-state index contributed by atoms with van der Waals surface area (Å²) in [5.74, 6) is -0.0944. The molecule has 0 heterocycles. The first kappa shape index (κ1) is 32.0. The van der Waals surface area contributed by atoms with E-state index < -0.39 is 28.5 Å². The lowest BCUT2D eigenvalue weighted by Gasteiger charge is -2.32. The van der Waals surface area contributed by atoms with Crippen LogP contribution >= 0.6 is 15.9 Å². The molecular weight excluding hydrogens is 610 g/mol. The predicted octanol–water partition coefficient (Wildman–Crippen LogP) is 5.00. The highest BCUT2D eigenvalue weighted by atomic mass is 79.9. The number of carbonyl (C=O) groups excluding carboxylic acids is 2. The summed E-state index contributed by atoms with van der Waals surface area (Å²) >= 11 is 3.45. The Morgan fingerprint density at radius 1 is 0.976 bits per heavy atom. The van der Waals surface area contributed by atoms with E-state index in [4.69, 9.17) is 9.47 Å². The number of carbonyl (C=O) groups is 2. The topological polar surface area (TPSA) is 105 Å². The second-order valence-corrected chi connectivity index (χ2v) is 12.1. The highest BCUT2D eigenvalue weighted by Crippen LogP contribution is 2.33. The molecule has 0 saturated carbocycles. The van der Waals surface area contributed by atoms with Crippen molar-refractivity contribution in [3.63, 3.8) is 0 Å². The number of amides is 2. The van der Waals surface area contributed by atoms with E-state index in [9.17, 15) is 18.0 Å². The summed E-state index contributed by atoms with van der Waals surface area (Å²) in [6, 6.07) is 19.0. The molecule has 0 bridgehead atoms. The Morgan fingerprint density at radius 3 is 2.32 bits per heavy atom. The van der Waals surface area contributed by atoms with Gasteiger partial charge in [0, 0.05) is 17.6 Å². The SMILES string of the molecule is CCCCNC(=O)[C@@H](C)N(Cc1cccc(Br)c1)C(=O)CN(c1ccccc1OC)S(=O)(=O)c1ccc(OC)cc1. The van der Waals surface area contributed by atoms with Crippen LogP contribution in [0.5, 0.6) is 11.5 Å². The minimum absolute atomic E-state index is 0.0269. The molecule has 11 heteroatoms. The number of nitrogens with zero attached hydrogens (tertiary/aromatic N) is 2. The van der Waals surface area contributed by atoms with Crippen LogP contribution in [0.15, 0.2) is 82.2 Å². The summed E-state index contributed by atoms with van der Waals surface area (Å²) in [6.07, 6.45) is 1.71. The van der Waals surface area contributed by atoms with Gasteiger partial charge in [-0.05, 0) is 67.4 Å². The van der Waals surface area contributed by atoms with Crippen LogP contribution in [0.3, 0.4) is 0 Å². The Labute approximate surface area is 250 Å². The van der Waals surface area contributed by atoms with Crippen molar-refractivity contribution in [3.8, 4) is 11.5 Å². The minimum Gasteiger partial charge on any atom is -0.497 e. The molecule has 0 aliphatic rings. The van der Waals surface area contributed by atoms with Crippen LogP contribution in [0.2, 0.25) is 0 Å². The zero-order valence-electron chi connectivity index (χ0n) is 23.7. The molecule has 0 fully saturated rings. The van der Waals surface area contributed by atoms with E-state index in [-0.39, 0.29) is 28.8 Å². The Balaban J connectivity index is 2.04. The van der Waals surface area contributed by atoms with Gasteiger partial charge in [0.25, 0.3) is 10.0 Å². The smallest absolute Gasteiger partial charge is 0.264 e. The van der Waals surface area contributed by atoms with Gasteiger partial charge < -0.3 is 19.7 Å². The van der Waals surface area contributed by atoms with Gasteiger partial charge in [0.15, 0.2) is 0 Å².